The summed E-state index contributed by atoms with van der Waals surface area (Å²) < 4.78 is 22.5. The van der Waals surface area contributed by atoms with Crippen LogP contribution in [0.15, 0.2) is 0 Å². The molecule has 2 saturated heterocycles. The molecule has 0 atom stereocenters. The third-order valence-electron chi connectivity index (χ3n) is 3.59. The maximum absolute atomic E-state index is 11.8. The molecule has 8 heteroatoms. The number of hydrogen-bond donors (Lipinski definition) is 2. The van der Waals surface area contributed by atoms with Gasteiger partial charge in [0.2, 0.25) is 0 Å². The Morgan fingerprint density at radius 1 is 1.21 bits per heavy atom. The van der Waals surface area contributed by atoms with E-state index < -0.39 is 15.8 Å². The number of hydrogen-bond acceptors (Lipinski definition) is 4. The lowest BCUT2D eigenvalue weighted by Crippen LogP contribution is -2.56. The number of amides is 2. The molecule has 0 aromatic heterocycles. The van der Waals surface area contributed by atoms with Crippen LogP contribution in [0, 0.1) is 5.92 Å². The van der Waals surface area contributed by atoms with Crippen molar-refractivity contribution < 1.29 is 23.1 Å². The quantitative estimate of drug-likeness (QED) is 0.741. The summed E-state index contributed by atoms with van der Waals surface area (Å²) in [5.41, 5.74) is 0. The van der Waals surface area contributed by atoms with E-state index in [4.69, 9.17) is 5.11 Å². The molecule has 2 amide bonds. The van der Waals surface area contributed by atoms with Gasteiger partial charge in [-0.2, -0.15) is 0 Å². The Morgan fingerprint density at radius 3 is 2.32 bits per heavy atom. The van der Waals surface area contributed by atoms with Gasteiger partial charge in [0, 0.05) is 25.0 Å². The van der Waals surface area contributed by atoms with E-state index in [2.05, 4.69) is 5.32 Å². The van der Waals surface area contributed by atoms with Gasteiger partial charge in [-0.1, -0.05) is 0 Å². The second-order valence-electron chi connectivity index (χ2n) is 5.24. The minimum Gasteiger partial charge on any atom is -0.481 e. The molecule has 2 N–H and O–H groups in total. The first-order valence-corrected chi connectivity index (χ1v) is 8.15. The average Bonchev–Trinajstić information content (AvgIpc) is 2.25. The molecule has 2 heterocycles. The fraction of sp³-hybridized carbons (Fsp3) is 0.818. The zero-order valence-electron chi connectivity index (χ0n) is 10.5. The fourth-order valence-electron chi connectivity index (χ4n) is 2.41. The van der Waals surface area contributed by atoms with Crippen LogP contribution in [0.3, 0.4) is 0 Å². The Morgan fingerprint density at radius 2 is 1.79 bits per heavy atom. The van der Waals surface area contributed by atoms with Crippen LogP contribution in [0.5, 0.6) is 0 Å². The van der Waals surface area contributed by atoms with E-state index >= 15 is 0 Å². The van der Waals surface area contributed by atoms with Crippen molar-refractivity contribution in [3.05, 3.63) is 0 Å². The minimum atomic E-state index is -2.92. The van der Waals surface area contributed by atoms with E-state index in [9.17, 15) is 18.0 Å². The van der Waals surface area contributed by atoms with Crippen molar-refractivity contribution in [2.24, 2.45) is 5.92 Å². The highest BCUT2D eigenvalue weighted by molar-refractivity contribution is 7.91. The molecule has 2 rings (SSSR count). The molecule has 0 spiro atoms. The lowest BCUT2D eigenvalue weighted by Gasteiger charge is -2.39. The van der Waals surface area contributed by atoms with Gasteiger partial charge in [0.25, 0.3) is 0 Å². The van der Waals surface area contributed by atoms with Gasteiger partial charge in [0.05, 0.1) is 17.9 Å². The Bertz CT molecular complexity index is 455. The number of carbonyl (C=O) groups excluding carboxylic acids is 1. The molecule has 2 aliphatic heterocycles. The number of carboxylic acids is 1. The summed E-state index contributed by atoms with van der Waals surface area (Å²) in [7, 11) is -2.92. The second kappa shape index (κ2) is 5.36. The monoisotopic (exact) mass is 290 g/mol. The molecule has 0 bridgehead atoms. The van der Waals surface area contributed by atoms with Gasteiger partial charge in [0.15, 0.2) is 0 Å². The van der Waals surface area contributed by atoms with E-state index in [1.54, 1.807) is 4.90 Å². The third-order valence-corrected chi connectivity index (χ3v) is 5.31. The van der Waals surface area contributed by atoms with Crippen LogP contribution in [0.4, 0.5) is 4.79 Å². The SMILES string of the molecule is O=C(O)CC1CN(C(=O)NC2CCS(=O)(=O)CC2)C1. The predicted molar refractivity (Wildman–Crippen MR) is 67.5 cm³/mol. The van der Waals surface area contributed by atoms with Crippen LogP contribution in [0.1, 0.15) is 19.3 Å². The van der Waals surface area contributed by atoms with Gasteiger partial charge in [-0.15, -0.1) is 0 Å². The van der Waals surface area contributed by atoms with E-state index in [1.165, 1.54) is 0 Å². The first-order valence-electron chi connectivity index (χ1n) is 6.33. The highest BCUT2D eigenvalue weighted by Gasteiger charge is 2.33. The molecule has 0 unspecified atom stereocenters. The van der Waals surface area contributed by atoms with Gasteiger partial charge < -0.3 is 15.3 Å². The third kappa shape index (κ3) is 3.82. The molecule has 0 radical (unpaired) electrons. The first-order chi connectivity index (χ1) is 8.85. The van der Waals surface area contributed by atoms with Crippen molar-refractivity contribution in [3.8, 4) is 0 Å². The van der Waals surface area contributed by atoms with Crippen LogP contribution in [0.2, 0.25) is 0 Å². The topological polar surface area (TPSA) is 104 Å². The lowest BCUT2D eigenvalue weighted by molar-refractivity contribution is -0.139. The molecule has 2 fully saturated rings. The van der Waals surface area contributed by atoms with Gasteiger partial charge in [0.1, 0.15) is 9.84 Å². The van der Waals surface area contributed by atoms with Crippen molar-refractivity contribution in [1.29, 1.82) is 0 Å². The summed E-state index contributed by atoms with van der Waals surface area (Å²) >= 11 is 0. The van der Waals surface area contributed by atoms with E-state index in [1.807, 2.05) is 0 Å². The van der Waals surface area contributed by atoms with Crippen LogP contribution >= 0.6 is 0 Å². The van der Waals surface area contributed by atoms with Crippen LogP contribution < -0.4 is 5.32 Å². The standard InChI is InChI=1S/C11H18N2O5S/c14-10(15)5-8-6-13(7-8)11(16)12-9-1-3-19(17,18)4-2-9/h8-9H,1-7H2,(H,12,16)(H,14,15). The van der Waals surface area contributed by atoms with E-state index in [0.717, 1.165) is 0 Å². The molecule has 0 aliphatic carbocycles. The van der Waals surface area contributed by atoms with Crippen LogP contribution in [0.25, 0.3) is 0 Å². The largest absolute Gasteiger partial charge is 0.481 e. The summed E-state index contributed by atoms with van der Waals surface area (Å²) in [5, 5.41) is 11.4. The molecule has 108 valence electrons. The highest BCUT2D eigenvalue weighted by Crippen LogP contribution is 2.20. The highest BCUT2D eigenvalue weighted by atomic mass is 32.2. The molecule has 0 aromatic carbocycles. The van der Waals surface area contributed by atoms with Crippen molar-refractivity contribution in [3.63, 3.8) is 0 Å². The number of rotatable bonds is 3. The minimum absolute atomic E-state index is 0.0370. The van der Waals surface area contributed by atoms with Crippen LogP contribution in [-0.4, -0.2) is 61.1 Å². The Balaban J connectivity index is 1.70. The second-order valence-corrected chi connectivity index (χ2v) is 7.55. The Hall–Kier alpha value is -1.31. The molecule has 19 heavy (non-hydrogen) atoms. The van der Waals surface area contributed by atoms with Crippen molar-refractivity contribution in [1.82, 2.24) is 10.2 Å². The Kier molecular flexibility index (Phi) is 3.98. The zero-order valence-corrected chi connectivity index (χ0v) is 11.4. The maximum atomic E-state index is 11.8. The van der Waals surface area contributed by atoms with Gasteiger partial charge in [-0.3, -0.25) is 4.79 Å². The molecular formula is C11H18N2O5S. The number of sulfone groups is 1. The number of nitrogens with zero attached hydrogens (tertiary/aromatic N) is 1. The summed E-state index contributed by atoms with van der Waals surface area (Å²) in [6.07, 6.45) is 1.01. The van der Waals surface area contributed by atoms with Gasteiger partial charge in [-0.05, 0) is 12.8 Å². The summed E-state index contributed by atoms with van der Waals surface area (Å²) in [6, 6.07) is -0.305. The van der Waals surface area contributed by atoms with Crippen molar-refractivity contribution in [2.75, 3.05) is 24.6 Å². The van der Waals surface area contributed by atoms with Crippen molar-refractivity contribution >= 4 is 21.8 Å². The molecule has 7 nitrogen and oxygen atoms in total. The van der Waals surface area contributed by atoms with E-state index in [-0.39, 0.29) is 35.9 Å². The van der Waals surface area contributed by atoms with Crippen LogP contribution in [-0.2, 0) is 14.6 Å². The molecule has 2 aliphatic rings. The van der Waals surface area contributed by atoms with Gasteiger partial charge >= 0.3 is 12.0 Å². The average molecular weight is 290 g/mol. The number of aliphatic carboxylic acids is 1. The smallest absolute Gasteiger partial charge is 0.317 e. The Labute approximate surface area is 111 Å². The maximum Gasteiger partial charge on any atom is 0.317 e. The van der Waals surface area contributed by atoms with Gasteiger partial charge in [-0.25, -0.2) is 13.2 Å². The summed E-state index contributed by atoms with van der Waals surface area (Å²) in [5.74, 6) is -0.559. The zero-order chi connectivity index (χ0) is 14.0. The molecule has 0 saturated carbocycles. The number of nitrogens with one attached hydrogen (secondary N) is 1. The number of urea groups is 1. The first kappa shape index (κ1) is 14.1. The predicted octanol–water partition coefficient (Wildman–Crippen LogP) is -0.320. The number of carboxylic acid groups (broad SMARTS) is 1. The summed E-state index contributed by atoms with van der Waals surface area (Å²) in [6.45, 7) is 0.923. The van der Waals surface area contributed by atoms with Crippen molar-refractivity contribution in [2.45, 2.75) is 25.3 Å². The fourth-order valence-corrected chi connectivity index (χ4v) is 3.90. The van der Waals surface area contributed by atoms with E-state index in [0.29, 0.717) is 25.9 Å². The lowest BCUT2D eigenvalue weighted by atomic mass is 9.97. The number of likely N-dealkylation sites (tertiary alicyclic amines) is 1. The normalized spacial score (nSPS) is 23.7. The molecular weight excluding hydrogens is 272 g/mol. The number of carbonyl (C=O) groups is 2. The summed E-state index contributed by atoms with van der Waals surface area (Å²) in [4.78, 5) is 23.9. The molecule has 0 aromatic rings.